The fourth-order valence-electron chi connectivity index (χ4n) is 0.975. The van der Waals surface area contributed by atoms with Gasteiger partial charge in [-0.15, -0.1) is 0 Å². The SMILES string of the molecule is O=C(CCBr)c1c(Cl)cccc1I. The van der Waals surface area contributed by atoms with E-state index in [1.54, 1.807) is 6.07 Å². The van der Waals surface area contributed by atoms with Crippen LogP contribution in [0.2, 0.25) is 5.02 Å². The van der Waals surface area contributed by atoms with Crippen LogP contribution in [0.15, 0.2) is 18.2 Å². The molecule has 1 nitrogen and oxygen atoms in total. The van der Waals surface area contributed by atoms with Crippen molar-refractivity contribution >= 4 is 55.9 Å². The number of benzene rings is 1. The Morgan fingerprint density at radius 3 is 2.77 bits per heavy atom. The van der Waals surface area contributed by atoms with Crippen LogP contribution in [-0.4, -0.2) is 11.1 Å². The molecule has 0 amide bonds. The van der Waals surface area contributed by atoms with E-state index >= 15 is 0 Å². The van der Waals surface area contributed by atoms with Crippen LogP contribution < -0.4 is 0 Å². The third kappa shape index (κ3) is 2.92. The zero-order chi connectivity index (χ0) is 9.84. The highest BCUT2D eigenvalue weighted by molar-refractivity contribution is 14.1. The second-order valence-electron chi connectivity index (χ2n) is 2.46. The molecule has 0 atom stereocenters. The molecule has 4 heteroatoms. The maximum absolute atomic E-state index is 11.6. The summed E-state index contributed by atoms with van der Waals surface area (Å²) >= 11 is 11.3. The Morgan fingerprint density at radius 2 is 2.23 bits per heavy atom. The minimum Gasteiger partial charge on any atom is -0.294 e. The van der Waals surface area contributed by atoms with Gasteiger partial charge in [0.15, 0.2) is 5.78 Å². The van der Waals surface area contributed by atoms with E-state index in [1.807, 2.05) is 12.1 Å². The van der Waals surface area contributed by atoms with Crippen molar-refractivity contribution in [2.75, 3.05) is 5.33 Å². The highest BCUT2D eigenvalue weighted by Gasteiger charge is 2.12. The first-order valence-electron chi connectivity index (χ1n) is 3.70. The van der Waals surface area contributed by atoms with Gasteiger partial charge in [0.25, 0.3) is 0 Å². The average Bonchev–Trinajstić information content (AvgIpc) is 2.04. The lowest BCUT2D eigenvalue weighted by Gasteiger charge is -2.04. The van der Waals surface area contributed by atoms with E-state index in [0.717, 1.165) is 3.57 Å². The first kappa shape index (κ1) is 11.5. The largest absolute Gasteiger partial charge is 0.294 e. The summed E-state index contributed by atoms with van der Waals surface area (Å²) in [7, 11) is 0. The number of Topliss-reactive ketones (excluding diaryl/α,β-unsaturated/α-hetero) is 1. The van der Waals surface area contributed by atoms with Gasteiger partial charge in [-0.25, -0.2) is 0 Å². The molecule has 0 heterocycles. The molecular weight excluding hydrogens is 366 g/mol. The predicted molar refractivity (Wildman–Crippen MR) is 66.9 cm³/mol. The fraction of sp³-hybridized carbons (Fsp3) is 0.222. The van der Waals surface area contributed by atoms with E-state index < -0.39 is 0 Å². The molecule has 0 aliphatic heterocycles. The maximum Gasteiger partial charge on any atom is 0.166 e. The molecule has 0 N–H and O–H groups in total. The lowest BCUT2D eigenvalue weighted by atomic mass is 10.1. The van der Waals surface area contributed by atoms with Crippen molar-refractivity contribution in [3.8, 4) is 0 Å². The monoisotopic (exact) mass is 372 g/mol. The average molecular weight is 373 g/mol. The van der Waals surface area contributed by atoms with Gasteiger partial charge in [0, 0.05) is 20.9 Å². The van der Waals surface area contributed by atoms with Crippen LogP contribution in [0.25, 0.3) is 0 Å². The smallest absolute Gasteiger partial charge is 0.166 e. The highest BCUT2D eigenvalue weighted by Crippen LogP contribution is 2.23. The van der Waals surface area contributed by atoms with Gasteiger partial charge in [-0.3, -0.25) is 4.79 Å². The third-order valence-electron chi connectivity index (χ3n) is 1.56. The van der Waals surface area contributed by atoms with Gasteiger partial charge < -0.3 is 0 Å². The van der Waals surface area contributed by atoms with Gasteiger partial charge in [-0.1, -0.05) is 33.6 Å². The molecule has 0 bridgehead atoms. The van der Waals surface area contributed by atoms with Crippen molar-refractivity contribution in [1.82, 2.24) is 0 Å². The van der Waals surface area contributed by atoms with Crippen LogP contribution >= 0.6 is 50.1 Å². The van der Waals surface area contributed by atoms with E-state index in [1.165, 1.54) is 0 Å². The summed E-state index contributed by atoms with van der Waals surface area (Å²) in [4.78, 5) is 11.6. The lowest BCUT2D eigenvalue weighted by Crippen LogP contribution is -2.03. The predicted octanol–water partition coefficient (Wildman–Crippen LogP) is 3.91. The highest BCUT2D eigenvalue weighted by atomic mass is 127. The van der Waals surface area contributed by atoms with Crippen molar-refractivity contribution in [2.45, 2.75) is 6.42 Å². The fourth-order valence-corrected chi connectivity index (χ4v) is 2.57. The van der Waals surface area contributed by atoms with E-state index in [-0.39, 0.29) is 5.78 Å². The molecule has 0 radical (unpaired) electrons. The third-order valence-corrected chi connectivity index (χ3v) is 3.17. The molecule has 0 spiro atoms. The van der Waals surface area contributed by atoms with Crippen molar-refractivity contribution in [2.24, 2.45) is 0 Å². The molecule has 0 fully saturated rings. The summed E-state index contributed by atoms with van der Waals surface area (Å²) in [5, 5.41) is 1.21. The zero-order valence-corrected chi connectivity index (χ0v) is 11.2. The molecule has 0 aliphatic rings. The molecule has 70 valence electrons. The number of alkyl halides is 1. The molecule has 0 aliphatic carbocycles. The minimum absolute atomic E-state index is 0.0897. The molecule has 0 saturated heterocycles. The van der Waals surface area contributed by atoms with Gasteiger partial charge in [0.05, 0.1) is 5.02 Å². The number of halogens is 3. The topological polar surface area (TPSA) is 17.1 Å². The Morgan fingerprint density at radius 1 is 1.54 bits per heavy atom. The quantitative estimate of drug-likeness (QED) is 0.446. The standard InChI is InChI=1S/C9H7BrClIO/c10-5-4-8(13)9-6(11)2-1-3-7(9)12/h1-3H,4-5H2. The van der Waals surface area contributed by atoms with E-state index in [9.17, 15) is 4.79 Å². The van der Waals surface area contributed by atoms with Crippen molar-refractivity contribution in [3.05, 3.63) is 32.4 Å². The number of hydrogen-bond donors (Lipinski definition) is 0. The minimum atomic E-state index is 0.0897. The molecule has 0 unspecified atom stereocenters. The van der Waals surface area contributed by atoms with Crippen molar-refractivity contribution in [1.29, 1.82) is 0 Å². The summed E-state index contributed by atoms with van der Waals surface area (Å²) in [6, 6.07) is 5.47. The zero-order valence-electron chi connectivity index (χ0n) is 6.69. The van der Waals surface area contributed by atoms with Gasteiger partial charge in [-0.2, -0.15) is 0 Å². The lowest BCUT2D eigenvalue weighted by molar-refractivity contribution is 0.0989. The second-order valence-corrected chi connectivity index (χ2v) is 4.82. The summed E-state index contributed by atoms with van der Waals surface area (Å²) in [5.74, 6) is 0.0897. The summed E-state index contributed by atoms with van der Waals surface area (Å²) in [5.41, 5.74) is 0.643. The van der Waals surface area contributed by atoms with Crippen LogP contribution in [0.3, 0.4) is 0 Å². The Kier molecular flexibility index (Phi) is 4.69. The van der Waals surface area contributed by atoms with Crippen LogP contribution in [0.5, 0.6) is 0 Å². The van der Waals surface area contributed by atoms with Crippen LogP contribution in [0.1, 0.15) is 16.8 Å². The van der Waals surface area contributed by atoms with Crippen molar-refractivity contribution in [3.63, 3.8) is 0 Å². The summed E-state index contributed by atoms with van der Waals surface area (Å²) in [6.45, 7) is 0. The number of rotatable bonds is 3. The van der Waals surface area contributed by atoms with Gasteiger partial charge in [-0.05, 0) is 34.7 Å². The van der Waals surface area contributed by atoms with Gasteiger partial charge in [0.1, 0.15) is 0 Å². The first-order chi connectivity index (χ1) is 6.16. The van der Waals surface area contributed by atoms with E-state index in [0.29, 0.717) is 22.3 Å². The second kappa shape index (κ2) is 5.32. The number of hydrogen-bond acceptors (Lipinski definition) is 1. The van der Waals surface area contributed by atoms with Crippen LogP contribution in [0.4, 0.5) is 0 Å². The maximum atomic E-state index is 11.6. The Balaban J connectivity index is 3.05. The molecule has 1 aromatic carbocycles. The first-order valence-corrected chi connectivity index (χ1v) is 6.28. The normalized spacial score (nSPS) is 10.1. The van der Waals surface area contributed by atoms with Gasteiger partial charge in [0.2, 0.25) is 0 Å². The Bertz CT molecular complexity index is 307. The number of carbonyl (C=O) groups is 1. The molecule has 1 rings (SSSR count). The number of carbonyl (C=O) groups excluding carboxylic acids is 1. The molecule has 13 heavy (non-hydrogen) atoms. The van der Waals surface area contributed by atoms with Crippen LogP contribution in [0, 0.1) is 3.57 Å². The molecule has 0 aromatic heterocycles. The molecule has 0 saturated carbocycles. The number of ketones is 1. The molecule has 1 aromatic rings. The Labute approximate surface area is 104 Å². The molecular formula is C9H7BrClIO. The summed E-state index contributed by atoms with van der Waals surface area (Å²) in [6.07, 6.45) is 0.486. The van der Waals surface area contributed by atoms with Crippen molar-refractivity contribution < 1.29 is 4.79 Å². The van der Waals surface area contributed by atoms with E-state index in [4.69, 9.17) is 11.6 Å². The summed E-state index contributed by atoms with van der Waals surface area (Å²) < 4.78 is 0.913. The Hall–Kier alpha value is 0.390. The van der Waals surface area contributed by atoms with Crippen LogP contribution in [-0.2, 0) is 0 Å². The van der Waals surface area contributed by atoms with Gasteiger partial charge >= 0.3 is 0 Å². The van der Waals surface area contributed by atoms with E-state index in [2.05, 4.69) is 38.5 Å².